The molecule has 0 heterocycles. The van der Waals surface area contributed by atoms with Crippen molar-refractivity contribution in [2.75, 3.05) is 0 Å². The average Bonchev–Trinajstić information content (AvgIpc) is 2.56. The minimum atomic E-state index is -1.14. The van der Waals surface area contributed by atoms with Gasteiger partial charge in [-0.25, -0.2) is 4.79 Å². The molecule has 0 aliphatic heterocycles. The van der Waals surface area contributed by atoms with Crippen LogP contribution in [0.25, 0.3) is 0 Å². The summed E-state index contributed by atoms with van der Waals surface area (Å²) in [5.74, 6) is -1.18. The topological polar surface area (TPSA) is 102 Å². The fraction of sp³-hybridized carbons (Fsp3) is 0.529. The molecule has 4 atom stereocenters. The van der Waals surface area contributed by atoms with Crippen LogP contribution in [0.2, 0.25) is 0 Å². The number of aliphatic hydroxyl groups excluding tert-OH is 1. The Morgan fingerprint density at radius 1 is 1.26 bits per heavy atom. The Bertz CT molecular complexity index is 505. The van der Waals surface area contributed by atoms with Crippen molar-refractivity contribution in [3.63, 3.8) is 0 Å². The average molecular weight is 322 g/mol. The van der Waals surface area contributed by atoms with E-state index in [1.807, 2.05) is 44.2 Å². The summed E-state index contributed by atoms with van der Waals surface area (Å²) in [5.41, 5.74) is 6.67. The molecule has 1 aromatic carbocycles. The zero-order valence-electron chi connectivity index (χ0n) is 13.9. The number of amides is 1. The molecular formula is C17H26N2O4. The van der Waals surface area contributed by atoms with Gasteiger partial charge < -0.3 is 20.9 Å². The first-order chi connectivity index (χ1) is 10.9. The molecule has 1 rings (SSSR count). The number of carbonyl (C=O) groups is 2. The molecule has 0 fully saturated rings. The predicted molar refractivity (Wildman–Crippen MR) is 87.3 cm³/mol. The molecule has 1 amide bonds. The summed E-state index contributed by atoms with van der Waals surface area (Å²) in [7, 11) is 0. The summed E-state index contributed by atoms with van der Waals surface area (Å²) < 4.78 is 5.16. The first kappa shape index (κ1) is 19.1. The third-order valence-electron chi connectivity index (χ3n) is 3.82. The molecule has 0 aliphatic carbocycles. The van der Waals surface area contributed by atoms with Crippen molar-refractivity contribution in [1.29, 1.82) is 0 Å². The number of benzene rings is 1. The number of nitrogens with one attached hydrogen (secondary N) is 1. The van der Waals surface area contributed by atoms with Crippen molar-refractivity contribution in [1.82, 2.24) is 5.32 Å². The molecule has 23 heavy (non-hydrogen) atoms. The summed E-state index contributed by atoms with van der Waals surface area (Å²) in [6.45, 7) is 5.28. The van der Waals surface area contributed by atoms with Gasteiger partial charge >= 0.3 is 5.97 Å². The lowest BCUT2D eigenvalue weighted by Gasteiger charge is -2.24. The minimum absolute atomic E-state index is 0.0232. The molecule has 1 aromatic rings. The van der Waals surface area contributed by atoms with Gasteiger partial charge in [-0.2, -0.15) is 0 Å². The number of aliphatic hydroxyl groups is 1. The van der Waals surface area contributed by atoms with Crippen LogP contribution in [-0.4, -0.2) is 35.2 Å². The normalized spacial score (nSPS) is 16.0. The van der Waals surface area contributed by atoms with Gasteiger partial charge in [0.05, 0.1) is 12.1 Å². The zero-order chi connectivity index (χ0) is 17.4. The van der Waals surface area contributed by atoms with Crippen LogP contribution >= 0.6 is 0 Å². The third-order valence-corrected chi connectivity index (χ3v) is 3.82. The molecule has 4 N–H and O–H groups in total. The molecule has 0 saturated carbocycles. The molecule has 128 valence electrons. The molecule has 0 aromatic heterocycles. The third kappa shape index (κ3) is 6.00. The van der Waals surface area contributed by atoms with Crippen molar-refractivity contribution in [2.24, 2.45) is 11.7 Å². The summed E-state index contributed by atoms with van der Waals surface area (Å²) in [5, 5.41) is 12.2. The van der Waals surface area contributed by atoms with E-state index in [0.29, 0.717) is 0 Å². The predicted octanol–water partition coefficient (Wildman–Crippen LogP) is 0.969. The van der Waals surface area contributed by atoms with Crippen molar-refractivity contribution in [3.8, 4) is 0 Å². The Hall–Kier alpha value is -1.92. The van der Waals surface area contributed by atoms with Gasteiger partial charge in [0.2, 0.25) is 5.91 Å². The lowest BCUT2D eigenvalue weighted by Crippen LogP contribution is -2.54. The maximum Gasteiger partial charge on any atom is 0.331 e. The van der Waals surface area contributed by atoms with E-state index < -0.39 is 30.1 Å². The molecule has 0 radical (unpaired) electrons. The van der Waals surface area contributed by atoms with Crippen molar-refractivity contribution >= 4 is 11.9 Å². The van der Waals surface area contributed by atoms with E-state index in [-0.39, 0.29) is 12.5 Å². The summed E-state index contributed by atoms with van der Waals surface area (Å²) in [4.78, 5) is 24.2. The van der Waals surface area contributed by atoms with E-state index in [4.69, 9.17) is 10.5 Å². The standard InChI is InChI=1S/C17H26N2O4/c1-4-11(2)14(18)16(21)19-15(12(3)20)17(22)23-10-13-8-6-5-7-9-13/h5-9,11-12,14-15,20H,4,10,18H2,1-3H3,(H,19,21)/t11-,12-,14-,15-/m0/s1. The van der Waals surface area contributed by atoms with E-state index >= 15 is 0 Å². The van der Waals surface area contributed by atoms with Crippen LogP contribution < -0.4 is 11.1 Å². The van der Waals surface area contributed by atoms with E-state index in [1.165, 1.54) is 6.92 Å². The van der Waals surface area contributed by atoms with Crippen LogP contribution in [0.1, 0.15) is 32.8 Å². The number of hydrogen-bond donors (Lipinski definition) is 3. The highest BCUT2D eigenvalue weighted by molar-refractivity contribution is 5.87. The molecule has 0 saturated heterocycles. The molecule has 0 aliphatic rings. The van der Waals surface area contributed by atoms with Crippen LogP contribution in [0.3, 0.4) is 0 Å². The van der Waals surface area contributed by atoms with Crippen LogP contribution in [0.5, 0.6) is 0 Å². The smallest absolute Gasteiger partial charge is 0.331 e. The van der Waals surface area contributed by atoms with Gasteiger partial charge in [-0.3, -0.25) is 4.79 Å². The summed E-state index contributed by atoms with van der Waals surface area (Å²) >= 11 is 0. The van der Waals surface area contributed by atoms with Crippen LogP contribution in [-0.2, 0) is 20.9 Å². The number of ether oxygens (including phenoxy) is 1. The van der Waals surface area contributed by atoms with E-state index in [2.05, 4.69) is 5.32 Å². The van der Waals surface area contributed by atoms with Crippen LogP contribution in [0.15, 0.2) is 30.3 Å². The van der Waals surface area contributed by atoms with E-state index in [9.17, 15) is 14.7 Å². The second-order valence-corrected chi connectivity index (χ2v) is 5.73. The van der Waals surface area contributed by atoms with E-state index in [0.717, 1.165) is 12.0 Å². The summed E-state index contributed by atoms with van der Waals surface area (Å²) in [6.07, 6.45) is -0.335. The number of esters is 1. The van der Waals surface area contributed by atoms with Gasteiger partial charge in [-0.05, 0) is 18.4 Å². The second-order valence-electron chi connectivity index (χ2n) is 5.73. The number of hydrogen-bond acceptors (Lipinski definition) is 5. The zero-order valence-corrected chi connectivity index (χ0v) is 13.9. The maximum atomic E-state index is 12.1. The molecular weight excluding hydrogens is 296 g/mol. The van der Waals surface area contributed by atoms with Gasteiger partial charge in [0.25, 0.3) is 0 Å². The Morgan fingerprint density at radius 3 is 2.39 bits per heavy atom. The summed E-state index contributed by atoms with van der Waals surface area (Å²) in [6, 6.07) is 7.30. The number of nitrogens with two attached hydrogens (primary N) is 1. The Balaban J connectivity index is 2.63. The van der Waals surface area contributed by atoms with Crippen molar-refractivity contribution in [3.05, 3.63) is 35.9 Å². The fourth-order valence-corrected chi connectivity index (χ4v) is 1.96. The first-order valence-corrected chi connectivity index (χ1v) is 7.81. The Morgan fingerprint density at radius 2 is 1.87 bits per heavy atom. The largest absolute Gasteiger partial charge is 0.459 e. The van der Waals surface area contributed by atoms with Gasteiger partial charge in [0.1, 0.15) is 6.61 Å². The molecule has 6 nitrogen and oxygen atoms in total. The van der Waals surface area contributed by atoms with Crippen molar-refractivity contribution < 1.29 is 19.4 Å². The van der Waals surface area contributed by atoms with Crippen molar-refractivity contribution in [2.45, 2.75) is 52.0 Å². The monoisotopic (exact) mass is 322 g/mol. The fourth-order valence-electron chi connectivity index (χ4n) is 1.96. The minimum Gasteiger partial charge on any atom is -0.459 e. The lowest BCUT2D eigenvalue weighted by atomic mass is 9.99. The van der Waals surface area contributed by atoms with Gasteiger partial charge in [0.15, 0.2) is 6.04 Å². The van der Waals surface area contributed by atoms with Crippen LogP contribution in [0.4, 0.5) is 0 Å². The van der Waals surface area contributed by atoms with E-state index in [1.54, 1.807) is 0 Å². The van der Waals surface area contributed by atoms with Gasteiger partial charge in [0, 0.05) is 0 Å². The van der Waals surface area contributed by atoms with Gasteiger partial charge in [-0.15, -0.1) is 0 Å². The molecule has 6 heteroatoms. The Kier molecular flexibility index (Phi) is 7.71. The maximum absolute atomic E-state index is 12.1. The number of rotatable bonds is 8. The second kappa shape index (κ2) is 9.27. The highest BCUT2D eigenvalue weighted by atomic mass is 16.5. The van der Waals surface area contributed by atoms with Crippen LogP contribution in [0, 0.1) is 5.92 Å². The highest BCUT2D eigenvalue weighted by Crippen LogP contribution is 2.08. The first-order valence-electron chi connectivity index (χ1n) is 7.81. The molecule has 0 bridgehead atoms. The highest BCUT2D eigenvalue weighted by Gasteiger charge is 2.30. The van der Waals surface area contributed by atoms with Gasteiger partial charge in [-0.1, -0.05) is 50.6 Å². The number of carbonyl (C=O) groups excluding carboxylic acids is 2. The quantitative estimate of drug-likeness (QED) is 0.619. The SMILES string of the molecule is CC[C@H](C)[C@H](N)C(=O)N[C@H](C(=O)OCc1ccccc1)[C@H](C)O. The molecule has 0 unspecified atom stereocenters. The molecule has 0 spiro atoms. The Labute approximate surface area is 137 Å². The lowest BCUT2D eigenvalue weighted by molar-refractivity contribution is -0.152.